The molecule has 2 rings (SSSR count). The Hall–Kier alpha value is -1.20. The van der Waals surface area contributed by atoms with Crippen LogP contribution in [0.2, 0.25) is 5.02 Å². The molecule has 0 amide bonds. The molecule has 0 saturated carbocycles. The first-order chi connectivity index (χ1) is 8.49. The van der Waals surface area contributed by atoms with E-state index in [-0.39, 0.29) is 12.2 Å². The van der Waals surface area contributed by atoms with Crippen molar-refractivity contribution >= 4 is 33.3 Å². The van der Waals surface area contributed by atoms with Gasteiger partial charge in [0.15, 0.2) is 0 Å². The SMILES string of the molecule is Cc1nc(Cc2c(F)cccc2Cl)nc(N)c1Br. The Balaban J connectivity index is 2.41. The van der Waals surface area contributed by atoms with Gasteiger partial charge in [-0.3, -0.25) is 0 Å². The highest BCUT2D eigenvalue weighted by Gasteiger charge is 2.12. The van der Waals surface area contributed by atoms with Crippen LogP contribution in [0.3, 0.4) is 0 Å². The summed E-state index contributed by atoms with van der Waals surface area (Å²) in [6.07, 6.45) is 0.212. The first kappa shape index (κ1) is 13.2. The van der Waals surface area contributed by atoms with Gasteiger partial charge in [-0.15, -0.1) is 0 Å². The van der Waals surface area contributed by atoms with Crippen LogP contribution in [0.1, 0.15) is 17.1 Å². The summed E-state index contributed by atoms with van der Waals surface area (Å²) in [7, 11) is 0. The number of halogens is 3. The topological polar surface area (TPSA) is 51.8 Å². The summed E-state index contributed by atoms with van der Waals surface area (Å²) in [5.74, 6) is 0.412. The van der Waals surface area contributed by atoms with E-state index in [9.17, 15) is 4.39 Å². The molecule has 0 fully saturated rings. The molecule has 0 spiro atoms. The lowest BCUT2D eigenvalue weighted by atomic mass is 10.1. The van der Waals surface area contributed by atoms with Gasteiger partial charge >= 0.3 is 0 Å². The van der Waals surface area contributed by atoms with E-state index >= 15 is 0 Å². The summed E-state index contributed by atoms with van der Waals surface area (Å²) >= 11 is 9.23. The molecule has 94 valence electrons. The zero-order valence-electron chi connectivity index (χ0n) is 9.54. The van der Waals surface area contributed by atoms with Crippen molar-refractivity contribution in [2.75, 3.05) is 5.73 Å². The Bertz CT molecular complexity index is 561. The van der Waals surface area contributed by atoms with Gasteiger partial charge in [-0.25, -0.2) is 14.4 Å². The van der Waals surface area contributed by atoms with Crippen LogP contribution in [0.5, 0.6) is 0 Å². The van der Waals surface area contributed by atoms with Crippen LogP contribution in [-0.4, -0.2) is 9.97 Å². The molecule has 6 heteroatoms. The summed E-state index contributed by atoms with van der Waals surface area (Å²) < 4.78 is 14.3. The van der Waals surface area contributed by atoms with Crippen molar-refractivity contribution < 1.29 is 4.39 Å². The van der Waals surface area contributed by atoms with Crippen molar-refractivity contribution in [1.29, 1.82) is 0 Å². The van der Waals surface area contributed by atoms with Gasteiger partial charge in [-0.05, 0) is 35.0 Å². The molecule has 0 unspecified atom stereocenters. The second kappa shape index (κ2) is 5.20. The number of nitrogens with zero attached hydrogens (tertiary/aromatic N) is 2. The quantitative estimate of drug-likeness (QED) is 0.916. The Morgan fingerprint density at radius 3 is 2.72 bits per heavy atom. The number of benzene rings is 1. The minimum atomic E-state index is -0.370. The van der Waals surface area contributed by atoms with Gasteiger partial charge in [0.1, 0.15) is 17.5 Å². The van der Waals surface area contributed by atoms with E-state index in [1.54, 1.807) is 19.1 Å². The molecule has 0 radical (unpaired) electrons. The lowest BCUT2D eigenvalue weighted by Crippen LogP contribution is -2.05. The van der Waals surface area contributed by atoms with Gasteiger partial charge < -0.3 is 5.73 Å². The van der Waals surface area contributed by atoms with E-state index in [0.29, 0.717) is 32.4 Å². The molecule has 0 atom stereocenters. The predicted molar refractivity (Wildman–Crippen MR) is 73.1 cm³/mol. The number of aromatic nitrogens is 2. The molecule has 2 N–H and O–H groups in total. The van der Waals surface area contributed by atoms with Gasteiger partial charge in [0.2, 0.25) is 0 Å². The molecule has 1 aromatic heterocycles. The molecule has 3 nitrogen and oxygen atoms in total. The lowest BCUT2D eigenvalue weighted by Gasteiger charge is -2.08. The second-order valence-corrected chi connectivity index (χ2v) is 5.00. The third kappa shape index (κ3) is 2.62. The van der Waals surface area contributed by atoms with Crippen molar-refractivity contribution in [2.45, 2.75) is 13.3 Å². The van der Waals surface area contributed by atoms with Crippen LogP contribution in [-0.2, 0) is 6.42 Å². The average molecular weight is 331 g/mol. The standard InChI is InChI=1S/C12H10BrClFN3/c1-6-11(13)12(16)18-10(17-6)5-7-8(14)3-2-4-9(7)15/h2-4H,5H2,1H3,(H2,16,17,18). The molecule has 2 aromatic rings. The van der Waals surface area contributed by atoms with Crippen molar-refractivity contribution in [3.05, 3.63) is 50.6 Å². The molecule has 0 aliphatic rings. The minimum Gasteiger partial charge on any atom is -0.383 e. The monoisotopic (exact) mass is 329 g/mol. The molecule has 0 saturated heterocycles. The summed E-state index contributed by atoms with van der Waals surface area (Å²) in [6, 6.07) is 4.55. The third-order valence-corrected chi connectivity index (χ3v) is 3.82. The predicted octanol–water partition coefficient (Wildman–Crippen LogP) is 3.51. The summed E-state index contributed by atoms with van der Waals surface area (Å²) in [5.41, 5.74) is 6.81. The van der Waals surface area contributed by atoms with Gasteiger partial charge in [-0.2, -0.15) is 0 Å². The Morgan fingerprint density at radius 2 is 2.11 bits per heavy atom. The van der Waals surface area contributed by atoms with E-state index in [4.69, 9.17) is 17.3 Å². The zero-order valence-corrected chi connectivity index (χ0v) is 11.9. The van der Waals surface area contributed by atoms with Crippen LogP contribution in [0, 0.1) is 12.7 Å². The summed E-state index contributed by atoms with van der Waals surface area (Å²) in [5, 5.41) is 0.359. The van der Waals surface area contributed by atoms with Crippen LogP contribution >= 0.6 is 27.5 Å². The van der Waals surface area contributed by atoms with Crippen molar-refractivity contribution in [2.24, 2.45) is 0 Å². The molecule has 0 aliphatic heterocycles. The maximum Gasteiger partial charge on any atom is 0.141 e. The third-order valence-electron chi connectivity index (χ3n) is 2.49. The van der Waals surface area contributed by atoms with Gasteiger partial charge in [0.25, 0.3) is 0 Å². The molecule has 1 heterocycles. The Labute approximate surface area is 117 Å². The normalized spacial score (nSPS) is 10.7. The number of rotatable bonds is 2. The number of nitrogen functional groups attached to an aromatic ring is 1. The van der Waals surface area contributed by atoms with Gasteiger partial charge in [-0.1, -0.05) is 17.7 Å². The van der Waals surface area contributed by atoms with Gasteiger partial charge in [0, 0.05) is 17.0 Å². The Kier molecular flexibility index (Phi) is 3.82. The van der Waals surface area contributed by atoms with E-state index < -0.39 is 0 Å². The van der Waals surface area contributed by atoms with Gasteiger partial charge in [0.05, 0.1) is 10.2 Å². The average Bonchev–Trinajstić information content (AvgIpc) is 2.31. The largest absolute Gasteiger partial charge is 0.383 e. The maximum absolute atomic E-state index is 13.6. The number of nitrogens with two attached hydrogens (primary N) is 1. The molecule has 0 bridgehead atoms. The van der Waals surface area contributed by atoms with Crippen LogP contribution in [0.25, 0.3) is 0 Å². The summed E-state index contributed by atoms with van der Waals surface area (Å²) in [4.78, 5) is 8.35. The lowest BCUT2D eigenvalue weighted by molar-refractivity contribution is 0.612. The van der Waals surface area contributed by atoms with Crippen LogP contribution < -0.4 is 5.73 Å². The summed E-state index contributed by atoms with van der Waals surface area (Å²) in [6.45, 7) is 1.80. The minimum absolute atomic E-state index is 0.212. The first-order valence-corrected chi connectivity index (χ1v) is 6.37. The van der Waals surface area contributed by atoms with E-state index in [1.807, 2.05) is 0 Å². The van der Waals surface area contributed by atoms with Crippen molar-refractivity contribution in [3.8, 4) is 0 Å². The fraction of sp³-hybridized carbons (Fsp3) is 0.167. The highest BCUT2D eigenvalue weighted by atomic mass is 79.9. The number of hydrogen-bond donors (Lipinski definition) is 1. The smallest absolute Gasteiger partial charge is 0.141 e. The molecular weight excluding hydrogens is 321 g/mol. The molecular formula is C12H10BrClFN3. The Morgan fingerprint density at radius 1 is 1.39 bits per heavy atom. The fourth-order valence-corrected chi connectivity index (χ4v) is 1.99. The van der Waals surface area contributed by atoms with E-state index in [2.05, 4.69) is 25.9 Å². The van der Waals surface area contributed by atoms with Crippen LogP contribution in [0.15, 0.2) is 22.7 Å². The number of hydrogen-bond acceptors (Lipinski definition) is 3. The number of anilines is 1. The zero-order chi connectivity index (χ0) is 13.3. The second-order valence-electron chi connectivity index (χ2n) is 3.80. The maximum atomic E-state index is 13.6. The van der Waals surface area contributed by atoms with E-state index in [1.165, 1.54) is 6.07 Å². The van der Waals surface area contributed by atoms with Crippen molar-refractivity contribution in [1.82, 2.24) is 9.97 Å². The highest BCUT2D eigenvalue weighted by Crippen LogP contribution is 2.24. The highest BCUT2D eigenvalue weighted by molar-refractivity contribution is 9.10. The molecule has 1 aromatic carbocycles. The van der Waals surface area contributed by atoms with E-state index in [0.717, 1.165) is 0 Å². The molecule has 0 aliphatic carbocycles. The van der Waals surface area contributed by atoms with Crippen LogP contribution in [0.4, 0.5) is 10.2 Å². The molecule has 18 heavy (non-hydrogen) atoms. The fourth-order valence-electron chi connectivity index (χ4n) is 1.58. The number of aryl methyl sites for hydroxylation is 1. The first-order valence-electron chi connectivity index (χ1n) is 5.20. The van der Waals surface area contributed by atoms with Crippen molar-refractivity contribution in [3.63, 3.8) is 0 Å².